The van der Waals surface area contributed by atoms with Crippen molar-refractivity contribution in [3.05, 3.63) is 101 Å². The molecule has 3 aromatic rings. The number of ketones is 1. The van der Waals surface area contributed by atoms with Crippen LogP contribution in [-0.4, -0.2) is 11.7 Å². The molecule has 2 atom stereocenters. The summed E-state index contributed by atoms with van der Waals surface area (Å²) in [6.45, 7) is 2.42. The monoisotopic (exact) mass is 399 g/mol. The zero-order valence-electron chi connectivity index (χ0n) is 17.0. The molecule has 2 unspecified atom stereocenters. The molecule has 0 bridgehead atoms. The Balaban J connectivity index is 1.41. The number of benzene rings is 3. The third-order valence-corrected chi connectivity index (χ3v) is 5.58. The van der Waals surface area contributed by atoms with Gasteiger partial charge in [-0.3, -0.25) is 9.59 Å². The number of amides is 1. The largest absolute Gasteiger partial charge is 0.489 e. The maximum absolute atomic E-state index is 13.0. The van der Waals surface area contributed by atoms with E-state index in [0.717, 1.165) is 22.4 Å². The number of carbonyl (C=O) groups is 2. The summed E-state index contributed by atoms with van der Waals surface area (Å²) < 4.78 is 5.88. The minimum atomic E-state index is -0.639. The van der Waals surface area contributed by atoms with Gasteiger partial charge in [-0.2, -0.15) is 0 Å². The lowest BCUT2D eigenvalue weighted by Crippen LogP contribution is -2.39. The first kappa shape index (κ1) is 19.9. The molecule has 1 N–H and O–H groups in total. The third kappa shape index (κ3) is 4.43. The van der Waals surface area contributed by atoms with Crippen LogP contribution in [0, 0.1) is 5.92 Å². The van der Waals surface area contributed by atoms with Crippen molar-refractivity contribution < 1.29 is 14.3 Å². The van der Waals surface area contributed by atoms with E-state index in [9.17, 15) is 9.59 Å². The highest BCUT2D eigenvalue weighted by Crippen LogP contribution is 2.29. The van der Waals surface area contributed by atoms with Crippen LogP contribution < -0.4 is 10.1 Å². The molecule has 4 rings (SSSR count). The van der Waals surface area contributed by atoms with Gasteiger partial charge in [0.15, 0.2) is 5.78 Å². The van der Waals surface area contributed by atoms with Crippen LogP contribution >= 0.6 is 0 Å². The lowest BCUT2D eigenvalue weighted by molar-refractivity contribution is -0.124. The Labute approximate surface area is 176 Å². The molecule has 4 heteroatoms. The summed E-state index contributed by atoms with van der Waals surface area (Å²) in [5.74, 6) is -0.208. The maximum atomic E-state index is 13.0. The smallest absolute Gasteiger partial charge is 0.231 e. The molecule has 0 aliphatic heterocycles. The van der Waals surface area contributed by atoms with E-state index in [-0.39, 0.29) is 17.7 Å². The second-order valence-corrected chi connectivity index (χ2v) is 7.69. The van der Waals surface area contributed by atoms with Crippen molar-refractivity contribution in [1.82, 2.24) is 5.32 Å². The van der Waals surface area contributed by atoms with E-state index in [4.69, 9.17) is 4.74 Å². The second-order valence-electron chi connectivity index (χ2n) is 7.69. The van der Waals surface area contributed by atoms with Gasteiger partial charge in [-0.25, -0.2) is 0 Å². The topological polar surface area (TPSA) is 55.4 Å². The third-order valence-electron chi connectivity index (χ3n) is 5.58. The first-order valence-electron chi connectivity index (χ1n) is 10.3. The van der Waals surface area contributed by atoms with Crippen molar-refractivity contribution >= 4 is 11.7 Å². The van der Waals surface area contributed by atoms with Crippen LogP contribution in [0.4, 0.5) is 0 Å². The van der Waals surface area contributed by atoms with Crippen LogP contribution in [0.5, 0.6) is 5.75 Å². The van der Waals surface area contributed by atoms with Crippen LogP contribution in [0.1, 0.15) is 46.4 Å². The van der Waals surface area contributed by atoms with Gasteiger partial charge >= 0.3 is 0 Å². The van der Waals surface area contributed by atoms with Gasteiger partial charge < -0.3 is 10.1 Å². The summed E-state index contributed by atoms with van der Waals surface area (Å²) in [6.07, 6.45) is 1.20. The Hall–Kier alpha value is -3.40. The van der Waals surface area contributed by atoms with Gasteiger partial charge in [0.05, 0.1) is 6.04 Å². The first-order valence-corrected chi connectivity index (χ1v) is 10.3. The molecule has 3 aromatic carbocycles. The Bertz CT molecular complexity index is 1030. The van der Waals surface area contributed by atoms with E-state index in [0.29, 0.717) is 25.0 Å². The van der Waals surface area contributed by atoms with Gasteiger partial charge in [-0.15, -0.1) is 0 Å². The van der Waals surface area contributed by atoms with E-state index in [1.807, 2.05) is 79.7 Å². The van der Waals surface area contributed by atoms with Crippen LogP contribution in [0.3, 0.4) is 0 Å². The molecular formula is C26H25NO3. The van der Waals surface area contributed by atoms with Crippen LogP contribution in [0.25, 0.3) is 0 Å². The highest BCUT2D eigenvalue weighted by Gasteiger charge is 2.33. The molecule has 0 fully saturated rings. The highest BCUT2D eigenvalue weighted by molar-refractivity contribution is 6.11. The highest BCUT2D eigenvalue weighted by atomic mass is 16.5. The van der Waals surface area contributed by atoms with Crippen molar-refractivity contribution in [2.24, 2.45) is 5.92 Å². The predicted octanol–water partition coefficient (Wildman–Crippen LogP) is 4.89. The zero-order valence-corrected chi connectivity index (χ0v) is 17.0. The number of Topliss-reactive ketones (excluding diaryl/α,β-unsaturated/α-hetero) is 1. The first-order chi connectivity index (χ1) is 14.6. The van der Waals surface area contributed by atoms with E-state index >= 15 is 0 Å². The van der Waals surface area contributed by atoms with Gasteiger partial charge in [0, 0.05) is 5.56 Å². The van der Waals surface area contributed by atoms with E-state index < -0.39 is 5.92 Å². The zero-order chi connectivity index (χ0) is 20.9. The normalized spacial score (nSPS) is 16.4. The summed E-state index contributed by atoms with van der Waals surface area (Å²) in [7, 11) is 0. The Morgan fingerprint density at radius 3 is 2.47 bits per heavy atom. The van der Waals surface area contributed by atoms with E-state index in [1.165, 1.54) is 0 Å². The van der Waals surface area contributed by atoms with Crippen LogP contribution in [0.15, 0.2) is 78.9 Å². The average Bonchev–Trinajstić information content (AvgIpc) is 2.79. The number of hydrogen-bond acceptors (Lipinski definition) is 3. The standard InChI is InChI=1S/C26H25NO3/c1-18(20-10-6-3-7-11-20)27-26(29)24-14-12-21-16-22(13-15-23(21)25(24)28)30-17-19-8-4-2-5-9-19/h2-11,13,15-16,18,24H,12,14,17H2,1H3,(H,27,29). The van der Waals surface area contributed by atoms with Crippen molar-refractivity contribution in [2.45, 2.75) is 32.4 Å². The van der Waals surface area contributed by atoms with Gasteiger partial charge in [0.2, 0.25) is 5.91 Å². The van der Waals surface area contributed by atoms with Gasteiger partial charge in [-0.1, -0.05) is 60.7 Å². The molecule has 4 nitrogen and oxygen atoms in total. The number of nitrogens with one attached hydrogen (secondary N) is 1. The van der Waals surface area contributed by atoms with E-state index in [2.05, 4.69) is 5.32 Å². The molecule has 1 aliphatic rings. The molecule has 0 heterocycles. The Morgan fingerprint density at radius 1 is 1.03 bits per heavy atom. The number of aryl methyl sites for hydroxylation is 1. The number of rotatable bonds is 6. The molecule has 1 amide bonds. The number of hydrogen-bond donors (Lipinski definition) is 1. The van der Waals surface area contributed by atoms with Gasteiger partial charge in [0.1, 0.15) is 18.3 Å². The molecular weight excluding hydrogens is 374 g/mol. The summed E-state index contributed by atoms with van der Waals surface area (Å²) in [4.78, 5) is 25.7. The number of fused-ring (bicyclic) bond motifs is 1. The Morgan fingerprint density at radius 2 is 1.73 bits per heavy atom. The van der Waals surface area contributed by atoms with E-state index in [1.54, 1.807) is 6.07 Å². The molecule has 0 saturated carbocycles. The predicted molar refractivity (Wildman–Crippen MR) is 116 cm³/mol. The SMILES string of the molecule is CC(NC(=O)C1CCc2cc(OCc3ccccc3)ccc2C1=O)c1ccccc1. The molecule has 0 saturated heterocycles. The van der Waals surface area contributed by atoms with Crippen molar-refractivity contribution in [3.8, 4) is 5.75 Å². The summed E-state index contributed by atoms with van der Waals surface area (Å²) in [6, 6.07) is 25.1. The molecule has 152 valence electrons. The molecule has 30 heavy (non-hydrogen) atoms. The lowest BCUT2D eigenvalue weighted by Gasteiger charge is -2.25. The fourth-order valence-electron chi connectivity index (χ4n) is 3.86. The molecule has 1 aliphatic carbocycles. The summed E-state index contributed by atoms with van der Waals surface area (Å²) in [5, 5.41) is 2.99. The average molecular weight is 399 g/mol. The van der Waals surface area contributed by atoms with Crippen LogP contribution in [0.2, 0.25) is 0 Å². The maximum Gasteiger partial charge on any atom is 0.231 e. The second kappa shape index (κ2) is 8.95. The van der Waals surface area contributed by atoms with Crippen molar-refractivity contribution in [1.29, 1.82) is 0 Å². The molecule has 0 aromatic heterocycles. The minimum absolute atomic E-state index is 0.108. The number of ether oxygens (including phenoxy) is 1. The summed E-state index contributed by atoms with van der Waals surface area (Å²) >= 11 is 0. The lowest BCUT2D eigenvalue weighted by atomic mass is 9.82. The molecule has 0 spiro atoms. The summed E-state index contributed by atoms with van der Waals surface area (Å²) in [5.41, 5.74) is 3.69. The molecule has 0 radical (unpaired) electrons. The fourth-order valence-corrected chi connectivity index (χ4v) is 3.86. The van der Waals surface area contributed by atoms with Crippen LogP contribution in [-0.2, 0) is 17.8 Å². The quantitative estimate of drug-likeness (QED) is 0.601. The van der Waals surface area contributed by atoms with Gasteiger partial charge in [-0.05, 0) is 54.7 Å². The van der Waals surface area contributed by atoms with Crippen molar-refractivity contribution in [2.75, 3.05) is 0 Å². The number of carbonyl (C=O) groups excluding carboxylic acids is 2. The van der Waals surface area contributed by atoms with Crippen molar-refractivity contribution in [3.63, 3.8) is 0 Å². The van der Waals surface area contributed by atoms with Gasteiger partial charge in [0.25, 0.3) is 0 Å². The minimum Gasteiger partial charge on any atom is -0.489 e. The fraction of sp³-hybridized carbons (Fsp3) is 0.231. The Kier molecular flexibility index (Phi) is 5.94.